The number of rotatable bonds is 9. The molecule has 0 aliphatic rings. The van der Waals surface area contributed by atoms with Crippen LogP contribution in [-0.2, 0) is 9.53 Å². The molecule has 6 nitrogen and oxygen atoms in total. The van der Waals surface area contributed by atoms with Crippen LogP contribution < -0.4 is 10.6 Å². The number of hydrogen-bond donors (Lipinski definition) is 1. The summed E-state index contributed by atoms with van der Waals surface area (Å²) in [5.41, 5.74) is 9.62. The third-order valence-corrected chi connectivity index (χ3v) is 6.40. The smallest absolute Gasteiger partial charge is 0.348 e. The number of pyridine rings is 1. The van der Waals surface area contributed by atoms with Crippen LogP contribution in [0.5, 0.6) is 0 Å². The minimum Gasteiger partial charge on any atom is -0.462 e. The third-order valence-electron chi connectivity index (χ3n) is 5.49. The van der Waals surface area contributed by atoms with Crippen molar-refractivity contribution in [2.75, 3.05) is 18.1 Å². The summed E-state index contributed by atoms with van der Waals surface area (Å²) >= 11 is 1.36. The number of esters is 1. The fourth-order valence-corrected chi connectivity index (χ4v) is 4.70. The minimum atomic E-state index is -0.315. The zero-order chi connectivity index (χ0) is 23.2. The predicted octanol–water partition coefficient (Wildman–Crippen LogP) is 5.19. The first kappa shape index (κ1) is 22.6. The van der Waals surface area contributed by atoms with Gasteiger partial charge in [-0.3, -0.25) is 9.78 Å². The number of fused-ring (bicyclic) bond motifs is 1. The van der Waals surface area contributed by atoms with Crippen LogP contribution in [0, 0.1) is 0 Å². The number of thiophene rings is 1. The van der Waals surface area contributed by atoms with Crippen LogP contribution in [0.15, 0.2) is 72.4 Å². The Labute approximate surface area is 196 Å². The fraction of sp³-hybridized carbons (Fsp3) is 0.192. The van der Waals surface area contributed by atoms with E-state index in [0.717, 1.165) is 39.6 Å². The Balaban J connectivity index is 1.68. The zero-order valence-corrected chi connectivity index (χ0v) is 19.1. The number of amides is 1. The number of nitrogens with two attached hydrogens (primary N) is 1. The molecule has 2 aromatic carbocycles. The lowest BCUT2D eigenvalue weighted by Crippen LogP contribution is -2.29. The minimum absolute atomic E-state index is 0.227. The first-order chi connectivity index (χ1) is 16.1. The number of benzene rings is 2. The van der Waals surface area contributed by atoms with Crippen molar-refractivity contribution >= 4 is 40.2 Å². The van der Waals surface area contributed by atoms with Crippen LogP contribution in [0.1, 0.15) is 34.6 Å². The highest BCUT2D eigenvalue weighted by Crippen LogP contribution is 2.33. The van der Waals surface area contributed by atoms with Gasteiger partial charge in [-0.05, 0) is 77.7 Å². The lowest BCUT2D eigenvalue weighted by molar-refractivity contribution is -0.107. The molecule has 33 heavy (non-hydrogen) atoms. The first-order valence-electron chi connectivity index (χ1n) is 10.8. The van der Waals surface area contributed by atoms with Gasteiger partial charge in [0.15, 0.2) is 0 Å². The molecule has 0 fully saturated rings. The highest BCUT2D eigenvalue weighted by Gasteiger charge is 2.21. The van der Waals surface area contributed by atoms with Crippen molar-refractivity contribution in [2.45, 2.75) is 19.4 Å². The summed E-state index contributed by atoms with van der Waals surface area (Å²) in [4.78, 5) is 30.7. The molecule has 168 valence electrons. The van der Waals surface area contributed by atoms with Crippen LogP contribution in [0.3, 0.4) is 0 Å². The first-order valence-corrected chi connectivity index (χ1v) is 11.7. The number of carbonyl (C=O) groups excluding carboxylic acids is 2. The number of aromatic nitrogens is 1. The van der Waals surface area contributed by atoms with Gasteiger partial charge < -0.3 is 15.4 Å². The fourth-order valence-electron chi connectivity index (χ4n) is 3.89. The summed E-state index contributed by atoms with van der Waals surface area (Å²) < 4.78 is 5.10. The van der Waals surface area contributed by atoms with Crippen LogP contribution >= 0.6 is 11.3 Å². The summed E-state index contributed by atoms with van der Waals surface area (Å²) in [6, 6.07) is 17.4. The Morgan fingerprint density at radius 1 is 1.15 bits per heavy atom. The van der Waals surface area contributed by atoms with Crippen molar-refractivity contribution in [3.8, 4) is 11.1 Å². The number of ether oxygens (including phenoxy) is 1. The van der Waals surface area contributed by atoms with E-state index in [1.807, 2.05) is 53.9 Å². The molecule has 0 aliphatic carbocycles. The third kappa shape index (κ3) is 4.94. The maximum atomic E-state index is 12.2. The van der Waals surface area contributed by atoms with E-state index in [1.54, 1.807) is 24.2 Å². The van der Waals surface area contributed by atoms with Gasteiger partial charge in [-0.2, -0.15) is 0 Å². The van der Waals surface area contributed by atoms with Crippen LogP contribution in [0.2, 0.25) is 0 Å². The number of carbonyl (C=O) groups is 2. The maximum Gasteiger partial charge on any atom is 0.348 e. The molecule has 2 N–H and O–H groups in total. The van der Waals surface area contributed by atoms with Gasteiger partial charge in [0.25, 0.3) is 0 Å². The maximum absolute atomic E-state index is 12.2. The average molecular weight is 460 g/mol. The van der Waals surface area contributed by atoms with Crippen LogP contribution in [0.25, 0.3) is 21.9 Å². The molecule has 2 heterocycles. The van der Waals surface area contributed by atoms with E-state index in [-0.39, 0.29) is 12.0 Å². The molecule has 0 saturated heterocycles. The highest BCUT2D eigenvalue weighted by molar-refractivity contribution is 7.12. The molecule has 2 aromatic heterocycles. The quantitative estimate of drug-likeness (QED) is 0.275. The molecule has 0 saturated carbocycles. The largest absolute Gasteiger partial charge is 0.462 e. The summed E-state index contributed by atoms with van der Waals surface area (Å²) in [7, 11) is 0. The Kier molecular flexibility index (Phi) is 7.12. The van der Waals surface area contributed by atoms with Gasteiger partial charge in [0, 0.05) is 23.5 Å². The summed E-state index contributed by atoms with van der Waals surface area (Å²) in [5.74, 6) is -0.315. The summed E-state index contributed by atoms with van der Waals surface area (Å²) in [5, 5.41) is 3.97. The Morgan fingerprint density at radius 2 is 2.03 bits per heavy atom. The Hall–Kier alpha value is -3.55. The monoisotopic (exact) mass is 459 g/mol. The van der Waals surface area contributed by atoms with E-state index in [0.29, 0.717) is 24.4 Å². The molecule has 0 spiro atoms. The van der Waals surface area contributed by atoms with Crippen LogP contribution in [0.4, 0.5) is 5.69 Å². The lowest BCUT2D eigenvalue weighted by atomic mass is 9.97. The number of nitrogens with zero attached hydrogens (tertiary/aromatic N) is 2. The molecule has 0 aliphatic heterocycles. The molecule has 1 unspecified atom stereocenters. The molecule has 1 amide bonds. The van der Waals surface area contributed by atoms with Crippen molar-refractivity contribution in [1.82, 2.24) is 4.98 Å². The molecule has 0 radical (unpaired) electrons. The van der Waals surface area contributed by atoms with Gasteiger partial charge in [-0.25, -0.2) is 4.79 Å². The van der Waals surface area contributed by atoms with E-state index in [9.17, 15) is 9.59 Å². The molecule has 1 atom stereocenters. The second kappa shape index (κ2) is 10.4. The van der Waals surface area contributed by atoms with E-state index in [4.69, 9.17) is 10.5 Å². The van der Waals surface area contributed by atoms with Crippen molar-refractivity contribution in [1.29, 1.82) is 0 Å². The van der Waals surface area contributed by atoms with Gasteiger partial charge in [0.2, 0.25) is 6.41 Å². The second-order valence-corrected chi connectivity index (χ2v) is 8.47. The van der Waals surface area contributed by atoms with E-state index >= 15 is 0 Å². The number of hydrogen-bond acceptors (Lipinski definition) is 6. The summed E-state index contributed by atoms with van der Waals surface area (Å²) in [6.45, 7) is 2.57. The standard InChI is InChI=1S/C26H25N3O3S/c1-2-32-26(31)25-14-22(16-33-25)18-4-3-5-20(12-18)24(8-10-27)29(17-30)23-7-6-21-15-28-11-9-19(21)13-23/h3-7,9,11-17,24H,2,8,10,27H2,1H3. The molecule has 0 bridgehead atoms. The van der Waals surface area contributed by atoms with E-state index < -0.39 is 0 Å². The van der Waals surface area contributed by atoms with Gasteiger partial charge >= 0.3 is 5.97 Å². The Bertz CT molecular complexity index is 1270. The van der Waals surface area contributed by atoms with Crippen molar-refractivity contribution in [3.05, 3.63) is 82.8 Å². The Morgan fingerprint density at radius 3 is 2.82 bits per heavy atom. The van der Waals surface area contributed by atoms with Gasteiger partial charge in [-0.1, -0.05) is 24.3 Å². The highest BCUT2D eigenvalue weighted by atomic mass is 32.1. The molecule has 4 rings (SSSR count). The second-order valence-electron chi connectivity index (χ2n) is 7.56. The molecular weight excluding hydrogens is 434 g/mol. The van der Waals surface area contributed by atoms with Crippen molar-refractivity contribution in [2.24, 2.45) is 5.73 Å². The average Bonchev–Trinajstić information content (AvgIpc) is 3.35. The van der Waals surface area contributed by atoms with E-state index in [2.05, 4.69) is 11.1 Å². The van der Waals surface area contributed by atoms with Gasteiger partial charge in [0.1, 0.15) is 4.88 Å². The molecule has 7 heteroatoms. The topological polar surface area (TPSA) is 85.5 Å². The van der Waals surface area contributed by atoms with Crippen molar-refractivity contribution < 1.29 is 14.3 Å². The molecular formula is C26H25N3O3S. The normalized spacial score (nSPS) is 11.8. The van der Waals surface area contributed by atoms with Crippen LogP contribution in [-0.4, -0.2) is 30.5 Å². The van der Waals surface area contributed by atoms with E-state index in [1.165, 1.54) is 11.3 Å². The summed E-state index contributed by atoms with van der Waals surface area (Å²) in [6.07, 6.45) is 5.01. The number of anilines is 1. The van der Waals surface area contributed by atoms with Crippen molar-refractivity contribution in [3.63, 3.8) is 0 Å². The molecule has 4 aromatic rings. The SMILES string of the molecule is CCOC(=O)c1cc(-c2cccc(C(CCN)N(C=O)c3ccc4cnccc4c3)c2)cs1. The lowest BCUT2D eigenvalue weighted by Gasteiger charge is -2.29. The van der Waals surface area contributed by atoms with Gasteiger partial charge in [0.05, 0.1) is 12.6 Å². The predicted molar refractivity (Wildman–Crippen MR) is 132 cm³/mol. The zero-order valence-electron chi connectivity index (χ0n) is 18.3. The van der Waals surface area contributed by atoms with Gasteiger partial charge in [-0.15, -0.1) is 11.3 Å².